The molecule has 11 heteroatoms. The highest BCUT2D eigenvalue weighted by Gasteiger charge is 2.43. The minimum absolute atomic E-state index is 0.0355. The Morgan fingerprint density at radius 3 is 1.49 bits per heavy atom. The van der Waals surface area contributed by atoms with E-state index in [9.17, 15) is 0 Å². The van der Waals surface area contributed by atoms with Gasteiger partial charge in [-0.05, 0) is 186 Å². The first kappa shape index (κ1) is 69.7. The van der Waals surface area contributed by atoms with Crippen LogP contribution in [0.5, 0.6) is 11.5 Å². The van der Waals surface area contributed by atoms with Gasteiger partial charge in [0.05, 0.1) is 11.1 Å². The van der Waals surface area contributed by atoms with Crippen molar-refractivity contribution in [3.8, 4) is 107 Å². The third-order valence-electron chi connectivity index (χ3n) is 27.0. The number of rotatable bonds is 1. The molecule has 26 rings (SSSR count). The van der Waals surface area contributed by atoms with Gasteiger partial charge in [0.2, 0.25) is 28.5 Å². The maximum absolute atomic E-state index is 6.33. The van der Waals surface area contributed by atoms with Gasteiger partial charge < -0.3 is 4.74 Å². The zero-order valence-corrected chi connectivity index (χ0v) is 66.3. The van der Waals surface area contributed by atoms with E-state index in [1.165, 1.54) is 170 Å². The summed E-state index contributed by atoms with van der Waals surface area (Å²) in [5.74, 6) is 3.32. The van der Waals surface area contributed by atoms with Gasteiger partial charge in [-0.25, -0.2) is 13.9 Å². The number of pyridine rings is 4. The van der Waals surface area contributed by atoms with Crippen LogP contribution < -0.4 is 27.6 Å². The molecule has 9 aromatic carbocycles. The Hall–Kier alpha value is -13.0. The van der Waals surface area contributed by atoms with Crippen molar-refractivity contribution in [1.82, 2.24) is 24.1 Å². The van der Waals surface area contributed by atoms with Crippen LogP contribution in [0.15, 0.2) is 316 Å². The zero-order valence-electron chi connectivity index (χ0n) is 66.3. The summed E-state index contributed by atoms with van der Waals surface area (Å²) in [7, 11) is 0. The number of imidazole rings is 1. The van der Waals surface area contributed by atoms with Crippen molar-refractivity contribution in [1.29, 1.82) is 0 Å². The average molecular weight is 1510 g/mol. The predicted octanol–water partition coefficient (Wildman–Crippen LogP) is 20.7. The fourth-order valence-corrected chi connectivity index (χ4v) is 21.8. The number of ether oxygens (including phenoxy) is 1. The van der Waals surface area contributed by atoms with Gasteiger partial charge in [0.1, 0.15) is 47.0 Å². The topological polar surface area (TPSA) is 69.2 Å². The minimum Gasteiger partial charge on any atom is -0.457 e. The number of aromatic nitrogens is 10. The van der Waals surface area contributed by atoms with Crippen molar-refractivity contribution in [3.05, 3.63) is 383 Å². The molecule has 11 nitrogen and oxygen atoms in total. The SMILES string of the molecule is CC1(C)c2ccccc2CC2CCc3c(cccc31)-c1cccc[n+]12.Cc1cccc(C)c1-n1cc[n+]2c1-c1cccc3c1CCC2c1ccccc1-3.c1cc2[n+]3c(c1)-c1ccnn1C(CC3)n1nccc1-2.c1ccc2c(c1)-c1cccc3c1CCC2[n+]1ccccc1-3.c1ccc2c(c1)CC1CCc3c(cccc3-c3cccc[n+]31)O2. The van der Waals surface area contributed by atoms with E-state index >= 15 is 0 Å². The Bertz CT molecular complexity index is 6460. The molecule has 4 unspecified atom stereocenters. The number of nitrogens with zero attached hydrogens (tertiary/aromatic N) is 10. The van der Waals surface area contributed by atoms with Crippen molar-refractivity contribution in [3.63, 3.8) is 0 Å². The molecule has 0 fully saturated rings. The lowest BCUT2D eigenvalue weighted by atomic mass is 9.73. The van der Waals surface area contributed by atoms with Gasteiger partial charge in [-0.1, -0.05) is 166 Å². The normalized spacial score (nSPS) is 17.5. The van der Waals surface area contributed by atoms with Crippen molar-refractivity contribution >= 4 is 0 Å². The Balaban J connectivity index is 0.0000000884. The van der Waals surface area contributed by atoms with Crippen molar-refractivity contribution < 1.29 is 27.6 Å². The molecule has 0 saturated heterocycles. The summed E-state index contributed by atoms with van der Waals surface area (Å²) in [5.41, 5.74) is 38.6. The van der Waals surface area contributed by atoms with Crippen LogP contribution in [0.2, 0.25) is 0 Å². The van der Waals surface area contributed by atoms with Gasteiger partial charge in [0.25, 0.3) is 5.82 Å². The smallest absolute Gasteiger partial charge is 0.294 e. The van der Waals surface area contributed by atoms with Gasteiger partial charge in [-0.2, -0.15) is 33.0 Å². The van der Waals surface area contributed by atoms with Gasteiger partial charge in [0.15, 0.2) is 49.4 Å². The maximum atomic E-state index is 6.33. The fraction of sp³-hybridized carbons (Fsp3) is 0.210. The van der Waals surface area contributed by atoms with E-state index in [0.29, 0.717) is 24.2 Å². The van der Waals surface area contributed by atoms with Crippen LogP contribution in [0.4, 0.5) is 0 Å². The molecule has 0 N–H and O–H groups in total. The van der Waals surface area contributed by atoms with Crippen LogP contribution in [0.3, 0.4) is 0 Å². The van der Waals surface area contributed by atoms with Crippen molar-refractivity contribution in [2.24, 2.45) is 0 Å². The summed E-state index contributed by atoms with van der Waals surface area (Å²) in [6.45, 7) is 10.2. The van der Waals surface area contributed by atoms with E-state index in [4.69, 9.17) is 4.74 Å². The van der Waals surface area contributed by atoms with E-state index in [-0.39, 0.29) is 11.6 Å². The Labute approximate surface area is 678 Å². The Morgan fingerprint density at radius 1 is 0.362 bits per heavy atom. The molecular formula is C105H93N10O+5. The monoisotopic (exact) mass is 1510 g/mol. The predicted molar refractivity (Wildman–Crippen MR) is 456 cm³/mol. The molecule has 3 aliphatic carbocycles. The zero-order chi connectivity index (χ0) is 77.3. The lowest BCUT2D eigenvalue weighted by Crippen LogP contribution is -2.42. The first-order valence-electron chi connectivity index (χ1n) is 42.0. The molecule has 14 heterocycles. The van der Waals surface area contributed by atoms with Crippen LogP contribution in [0.25, 0.3) is 95.9 Å². The fourth-order valence-electron chi connectivity index (χ4n) is 21.8. The summed E-state index contributed by atoms with van der Waals surface area (Å²) < 4.78 is 25.3. The lowest BCUT2D eigenvalue weighted by Gasteiger charge is -2.31. The van der Waals surface area contributed by atoms with Crippen LogP contribution >= 0.6 is 0 Å². The van der Waals surface area contributed by atoms with Crippen LogP contribution in [0, 0.1) is 13.8 Å². The molecule has 0 amide bonds. The third kappa shape index (κ3) is 11.4. The van der Waals surface area contributed by atoms with E-state index in [2.05, 4.69) is 379 Å². The summed E-state index contributed by atoms with van der Waals surface area (Å²) in [6.07, 6.45) is 27.5. The third-order valence-corrected chi connectivity index (χ3v) is 27.0. The number of aryl methyl sites for hydroxylation is 2. The summed E-state index contributed by atoms with van der Waals surface area (Å²) >= 11 is 0. The number of fused-ring (bicyclic) bond motifs is 36. The first-order chi connectivity index (χ1) is 57.2. The van der Waals surface area contributed by atoms with Gasteiger partial charge >= 0.3 is 0 Å². The molecular weight excluding hydrogens is 1420 g/mol. The average Bonchev–Trinajstić information content (AvgIpc) is 1.59. The van der Waals surface area contributed by atoms with E-state index in [0.717, 1.165) is 75.8 Å². The van der Waals surface area contributed by atoms with E-state index < -0.39 is 0 Å². The minimum atomic E-state index is 0.0355. The molecule has 7 aromatic heterocycles. The van der Waals surface area contributed by atoms with Crippen LogP contribution in [-0.2, 0) is 50.5 Å². The molecule has 0 saturated carbocycles. The number of benzene rings is 9. The Morgan fingerprint density at radius 2 is 0.819 bits per heavy atom. The Kier molecular flexibility index (Phi) is 17.0. The quantitative estimate of drug-likeness (QED) is 0.154. The molecule has 0 spiro atoms. The van der Waals surface area contributed by atoms with Gasteiger partial charge in [-0.3, -0.25) is 0 Å². The summed E-state index contributed by atoms with van der Waals surface area (Å²) in [6, 6.07) is 101. The number of hydrogen-bond donors (Lipinski definition) is 0. The molecule has 10 bridgehead atoms. The largest absolute Gasteiger partial charge is 0.457 e. The van der Waals surface area contributed by atoms with Crippen LogP contribution in [-0.4, -0.2) is 24.1 Å². The number of para-hydroxylation sites is 2. The standard InChI is InChI=1S/C26H23N2.C24H24N.C21H18NO.C20H16N.C14H12N5/c1-17-7-5-8-18(2)25(17)28-16-15-27-24-14-13-21-19(11-6-12-23(21)26(27)28)20-9-3-4-10-22(20)24;1-24(2)21-10-4-3-8-17(21)16-18-13-14-19-20(9-7-11-22(19)24)23-12-5-6-15-25(18)23;1-2-9-20-15(6-1)14-16-11-12-18-17(7-5-10-21(18)23-20)19-8-3-4-13-22(16)19;1-2-7-17-15(6-1)14-8-5-9-18-16(14)11-12-20(17)21-13-4-3-10-19(18)21;1-2-10-12-4-7-15-18(12)14-6-9-17(10)11(3-1)13-5-8-16-19(13)14/h3-12,15-16,24H,13-14H2,1-2H3;3-12,15,18H,13-14,16H2,1-2H3;1-10,13,16H,11-12,14H2;1-10,13,20H,11-12H2;1-5,7-8,14H,6,9H2/q5*+1. The second-order valence-electron chi connectivity index (χ2n) is 33.5. The van der Waals surface area contributed by atoms with Gasteiger partial charge in [-0.15, -0.1) is 0 Å². The molecule has 4 atom stereocenters. The van der Waals surface area contributed by atoms with Crippen molar-refractivity contribution in [2.75, 3.05) is 0 Å². The van der Waals surface area contributed by atoms with E-state index in [1.807, 2.05) is 12.4 Å². The highest BCUT2D eigenvalue weighted by atomic mass is 16.5. The lowest BCUT2D eigenvalue weighted by molar-refractivity contribution is -0.712. The summed E-state index contributed by atoms with van der Waals surface area (Å²) in [4.78, 5) is 0. The highest BCUT2D eigenvalue weighted by molar-refractivity contribution is 5.82. The van der Waals surface area contributed by atoms with Crippen molar-refractivity contribution in [2.45, 2.75) is 141 Å². The molecule has 564 valence electrons. The first-order valence-corrected chi connectivity index (χ1v) is 42.0. The molecule has 16 aromatic rings. The maximum Gasteiger partial charge on any atom is 0.294 e. The molecule has 116 heavy (non-hydrogen) atoms. The second kappa shape index (κ2) is 28.2. The summed E-state index contributed by atoms with van der Waals surface area (Å²) in [5, 5.41) is 9.04. The molecule has 10 aliphatic rings. The van der Waals surface area contributed by atoms with Gasteiger partial charge in [0, 0.05) is 138 Å². The van der Waals surface area contributed by atoms with E-state index in [1.54, 1.807) is 5.56 Å². The highest BCUT2D eigenvalue weighted by Crippen LogP contribution is 2.49. The second-order valence-corrected chi connectivity index (χ2v) is 33.5. The molecule has 0 radical (unpaired) electrons. The molecule has 7 aliphatic heterocycles. The van der Waals surface area contributed by atoms with Crippen LogP contribution in [0.1, 0.15) is 143 Å². The number of hydrogen-bond acceptors (Lipinski definition) is 3.